The number of hydrogen-bond acceptors (Lipinski definition) is 4. The zero-order valence-corrected chi connectivity index (χ0v) is 11.1. The maximum absolute atomic E-state index is 11.9. The van der Waals surface area contributed by atoms with Gasteiger partial charge in [-0.15, -0.1) is 0 Å². The number of amides is 1. The largest absolute Gasteiger partial charge is 0.478 e. The molecule has 0 spiro atoms. The lowest BCUT2D eigenvalue weighted by atomic mass is 10.2. The summed E-state index contributed by atoms with van der Waals surface area (Å²) in [5, 5.41) is 11.2. The van der Waals surface area contributed by atoms with E-state index < -0.39 is 5.97 Å². The Morgan fingerprint density at radius 2 is 2.05 bits per heavy atom. The van der Waals surface area contributed by atoms with Crippen LogP contribution < -0.4 is 5.32 Å². The number of carboxylic acid groups (broad SMARTS) is 1. The van der Waals surface area contributed by atoms with Crippen LogP contribution in [0.25, 0.3) is 6.08 Å². The number of aliphatic carboxylic acids is 1. The molecule has 0 saturated carbocycles. The second kappa shape index (κ2) is 6.95. The smallest absolute Gasteiger partial charge is 0.328 e. The standard InChI is InChI=1S/C15H13N3O3/c19-14(10-12-4-1-2-9-16-12)18-13-6-3-5-11(17-13)7-8-15(20)21/h1-9H,10H2,(H,20,21)(H,17,18,19). The zero-order valence-electron chi connectivity index (χ0n) is 11.1. The summed E-state index contributed by atoms with van der Waals surface area (Å²) >= 11 is 0. The fourth-order valence-corrected chi connectivity index (χ4v) is 1.62. The molecule has 0 aromatic carbocycles. The Kier molecular flexibility index (Phi) is 4.76. The van der Waals surface area contributed by atoms with Gasteiger partial charge in [0.05, 0.1) is 12.1 Å². The first-order valence-corrected chi connectivity index (χ1v) is 6.21. The minimum atomic E-state index is -1.05. The molecule has 0 radical (unpaired) electrons. The Morgan fingerprint density at radius 3 is 2.76 bits per heavy atom. The van der Waals surface area contributed by atoms with Crippen molar-refractivity contribution in [1.29, 1.82) is 0 Å². The number of carboxylic acids is 1. The molecule has 2 aromatic heterocycles. The Labute approximate surface area is 121 Å². The second-order valence-corrected chi connectivity index (χ2v) is 4.17. The van der Waals surface area contributed by atoms with Crippen LogP contribution in [0, 0.1) is 0 Å². The molecule has 2 N–H and O–H groups in total. The average molecular weight is 283 g/mol. The van der Waals surface area contributed by atoms with Crippen LogP contribution >= 0.6 is 0 Å². The first-order chi connectivity index (χ1) is 10.1. The van der Waals surface area contributed by atoms with E-state index in [0.717, 1.165) is 6.08 Å². The molecule has 0 fully saturated rings. The first-order valence-electron chi connectivity index (χ1n) is 6.21. The van der Waals surface area contributed by atoms with Gasteiger partial charge in [0.15, 0.2) is 0 Å². The molecule has 0 saturated heterocycles. The number of rotatable bonds is 5. The van der Waals surface area contributed by atoms with E-state index in [9.17, 15) is 9.59 Å². The number of anilines is 1. The van der Waals surface area contributed by atoms with Crippen LogP contribution in [0.3, 0.4) is 0 Å². The SMILES string of the molecule is O=C(O)C=Cc1cccc(NC(=O)Cc2ccccn2)n1. The molecule has 106 valence electrons. The third kappa shape index (κ3) is 4.87. The topological polar surface area (TPSA) is 92.2 Å². The fourth-order valence-electron chi connectivity index (χ4n) is 1.62. The molecule has 0 atom stereocenters. The molecule has 6 heteroatoms. The van der Waals surface area contributed by atoms with Crippen LogP contribution in [0.4, 0.5) is 5.82 Å². The molecule has 0 aliphatic rings. The number of pyridine rings is 2. The predicted molar refractivity (Wildman–Crippen MR) is 77.5 cm³/mol. The number of nitrogens with one attached hydrogen (secondary N) is 1. The van der Waals surface area contributed by atoms with Crippen molar-refractivity contribution in [2.75, 3.05) is 5.32 Å². The lowest BCUT2D eigenvalue weighted by molar-refractivity contribution is -0.131. The van der Waals surface area contributed by atoms with Gasteiger partial charge in [0.25, 0.3) is 0 Å². The molecule has 2 rings (SSSR count). The number of nitrogens with zero attached hydrogens (tertiary/aromatic N) is 2. The molecule has 2 aromatic rings. The van der Waals surface area contributed by atoms with E-state index in [4.69, 9.17) is 5.11 Å². The third-order valence-electron chi connectivity index (χ3n) is 2.50. The van der Waals surface area contributed by atoms with Crippen molar-refractivity contribution in [3.63, 3.8) is 0 Å². The van der Waals surface area contributed by atoms with Crippen molar-refractivity contribution in [2.24, 2.45) is 0 Å². The summed E-state index contributed by atoms with van der Waals surface area (Å²) in [6.07, 6.45) is 4.12. The minimum absolute atomic E-state index is 0.151. The highest BCUT2D eigenvalue weighted by molar-refractivity contribution is 5.91. The van der Waals surface area contributed by atoms with Gasteiger partial charge in [-0.25, -0.2) is 9.78 Å². The van der Waals surface area contributed by atoms with Crippen LogP contribution in [0.5, 0.6) is 0 Å². The maximum Gasteiger partial charge on any atom is 0.328 e. The van der Waals surface area contributed by atoms with Crippen molar-refractivity contribution in [3.05, 3.63) is 60.1 Å². The quantitative estimate of drug-likeness (QED) is 0.816. The van der Waals surface area contributed by atoms with Crippen molar-refractivity contribution < 1.29 is 14.7 Å². The highest BCUT2D eigenvalue weighted by Gasteiger charge is 2.05. The van der Waals surface area contributed by atoms with E-state index in [-0.39, 0.29) is 12.3 Å². The fraction of sp³-hybridized carbons (Fsp3) is 0.0667. The highest BCUT2D eigenvalue weighted by Crippen LogP contribution is 2.07. The van der Waals surface area contributed by atoms with Crippen molar-refractivity contribution >= 4 is 23.8 Å². The van der Waals surface area contributed by atoms with Gasteiger partial charge in [0.1, 0.15) is 5.82 Å². The second-order valence-electron chi connectivity index (χ2n) is 4.17. The Hall–Kier alpha value is -3.02. The molecule has 21 heavy (non-hydrogen) atoms. The summed E-state index contributed by atoms with van der Waals surface area (Å²) < 4.78 is 0. The molecular formula is C15H13N3O3. The number of carbonyl (C=O) groups excluding carboxylic acids is 1. The molecule has 1 amide bonds. The summed E-state index contributed by atoms with van der Waals surface area (Å²) in [5.41, 5.74) is 1.12. The number of hydrogen-bond donors (Lipinski definition) is 2. The molecule has 0 bridgehead atoms. The summed E-state index contributed by atoms with van der Waals surface area (Å²) in [4.78, 5) is 30.5. The summed E-state index contributed by atoms with van der Waals surface area (Å²) in [5.74, 6) is -0.926. The minimum Gasteiger partial charge on any atom is -0.478 e. The summed E-state index contributed by atoms with van der Waals surface area (Å²) in [6.45, 7) is 0. The van der Waals surface area contributed by atoms with E-state index >= 15 is 0 Å². The Bertz CT molecular complexity index is 669. The predicted octanol–water partition coefficient (Wildman–Crippen LogP) is 1.76. The van der Waals surface area contributed by atoms with Crippen molar-refractivity contribution in [3.8, 4) is 0 Å². The number of carbonyl (C=O) groups is 2. The molecule has 0 aliphatic carbocycles. The Balaban J connectivity index is 2.01. The van der Waals surface area contributed by atoms with Crippen LogP contribution in [-0.2, 0) is 16.0 Å². The van der Waals surface area contributed by atoms with E-state index in [1.165, 1.54) is 6.08 Å². The summed E-state index contributed by atoms with van der Waals surface area (Å²) in [7, 11) is 0. The van der Waals surface area contributed by atoms with Crippen LogP contribution in [-0.4, -0.2) is 27.0 Å². The normalized spacial score (nSPS) is 10.5. The van der Waals surface area contributed by atoms with Gasteiger partial charge in [-0.1, -0.05) is 12.1 Å². The van der Waals surface area contributed by atoms with Crippen LogP contribution in [0.1, 0.15) is 11.4 Å². The summed E-state index contributed by atoms with van der Waals surface area (Å²) in [6, 6.07) is 10.3. The van der Waals surface area contributed by atoms with E-state index in [2.05, 4.69) is 15.3 Å². The highest BCUT2D eigenvalue weighted by atomic mass is 16.4. The lowest BCUT2D eigenvalue weighted by Crippen LogP contribution is -2.16. The van der Waals surface area contributed by atoms with Crippen LogP contribution in [0.2, 0.25) is 0 Å². The van der Waals surface area contributed by atoms with Gasteiger partial charge < -0.3 is 10.4 Å². The molecule has 0 aliphatic heterocycles. The number of aromatic nitrogens is 2. The third-order valence-corrected chi connectivity index (χ3v) is 2.50. The molecule has 0 unspecified atom stereocenters. The molecular weight excluding hydrogens is 270 g/mol. The van der Waals surface area contributed by atoms with Gasteiger partial charge in [-0.2, -0.15) is 0 Å². The van der Waals surface area contributed by atoms with Gasteiger partial charge in [-0.3, -0.25) is 9.78 Å². The average Bonchev–Trinajstić information content (AvgIpc) is 2.46. The maximum atomic E-state index is 11.9. The Morgan fingerprint density at radius 1 is 1.19 bits per heavy atom. The van der Waals surface area contributed by atoms with Gasteiger partial charge in [0, 0.05) is 18.0 Å². The van der Waals surface area contributed by atoms with Gasteiger partial charge in [-0.05, 0) is 30.3 Å². The van der Waals surface area contributed by atoms with Crippen LogP contribution in [0.15, 0.2) is 48.7 Å². The van der Waals surface area contributed by atoms with Crippen molar-refractivity contribution in [1.82, 2.24) is 9.97 Å². The van der Waals surface area contributed by atoms with E-state index in [0.29, 0.717) is 17.2 Å². The molecule has 2 heterocycles. The zero-order chi connectivity index (χ0) is 15.1. The molecule has 6 nitrogen and oxygen atoms in total. The van der Waals surface area contributed by atoms with Gasteiger partial charge >= 0.3 is 5.97 Å². The first kappa shape index (κ1) is 14.4. The monoisotopic (exact) mass is 283 g/mol. The van der Waals surface area contributed by atoms with Crippen molar-refractivity contribution in [2.45, 2.75) is 6.42 Å². The van der Waals surface area contributed by atoms with Gasteiger partial charge in [0.2, 0.25) is 5.91 Å². The lowest BCUT2D eigenvalue weighted by Gasteiger charge is -2.04. The van der Waals surface area contributed by atoms with E-state index in [1.54, 1.807) is 36.5 Å². The van der Waals surface area contributed by atoms with E-state index in [1.807, 2.05) is 6.07 Å².